The third-order valence-corrected chi connectivity index (χ3v) is 9.92. The molecule has 0 aliphatic heterocycles. The van der Waals surface area contributed by atoms with E-state index in [0.717, 1.165) is 16.7 Å². The van der Waals surface area contributed by atoms with Crippen molar-refractivity contribution < 1.29 is 0 Å². The second-order valence-corrected chi connectivity index (χ2v) is 12.2. The predicted octanol–water partition coefficient (Wildman–Crippen LogP) is 11.6. The molecule has 0 atom stereocenters. The van der Waals surface area contributed by atoms with Crippen LogP contribution in [-0.4, -0.2) is 9.55 Å². The molecular weight excluding hydrogens is 553 g/mol. The number of thiophene rings is 1. The minimum absolute atomic E-state index is 1.13. The first kappa shape index (κ1) is 25.0. The minimum Gasteiger partial charge on any atom is -0.309 e. The van der Waals surface area contributed by atoms with Crippen molar-refractivity contribution in [1.82, 2.24) is 9.55 Å². The van der Waals surface area contributed by atoms with Gasteiger partial charge in [-0.1, -0.05) is 109 Å². The Morgan fingerprint density at radius 2 is 1.07 bits per heavy atom. The summed E-state index contributed by atoms with van der Waals surface area (Å²) in [6.07, 6.45) is 3.87. The Balaban J connectivity index is 1.53. The number of fused-ring (bicyclic) bond motifs is 10. The van der Waals surface area contributed by atoms with Gasteiger partial charge in [0.25, 0.3) is 0 Å². The van der Waals surface area contributed by atoms with Gasteiger partial charge in [-0.25, -0.2) is 0 Å². The molecule has 3 aromatic heterocycles. The lowest BCUT2D eigenvalue weighted by Gasteiger charge is -2.15. The van der Waals surface area contributed by atoms with Crippen molar-refractivity contribution in [3.05, 3.63) is 158 Å². The van der Waals surface area contributed by atoms with Gasteiger partial charge in [0.1, 0.15) is 0 Å². The van der Waals surface area contributed by atoms with E-state index in [2.05, 4.69) is 155 Å². The molecule has 9 rings (SSSR count). The molecule has 2 nitrogen and oxygen atoms in total. The van der Waals surface area contributed by atoms with Crippen molar-refractivity contribution >= 4 is 74.9 Å². The molecule has 0 saturated heterocycles. The van der Waals surface area contributed by atoms with Crippen molar-refractivity contribution in [2.24, 2.45) is 0 Å². The number of benzene rings is 6. The van der Waals surface area contributed by atoms with Crippen LogP contribution < -0.4 is 0 Å². The van der Waals surface area contributed by atoms with Crippen LogP contribution in [-0.2, 0) is 0 Å². The fourth-order valence-electron chi connectivity index (χ4n) is 6.78. The standard InChI is InChI=1S/C41H26N2S/c1-2-11-28(12-3-1)43-38-20-9-8-17-34(38)32-15-6-4-13-30(32)31-14-5-7-16-33(31)37-25-27(21-22-39(37)43)29-18-10-19-36-35-23-24-42-26-40(35)44-41(29)36/h1-26H. The van der Waals surface area contributed by atoms with Gasteiger partial charge in [-0.3, -0.25) is 4.98 Å². The van der Waals surface area contributed by atoms with Gasteiger partial charge in [-0.05, 0) is 69.1 Å². The molecule has 0 fully saturated rings. The van der Waals surface area contributed by atoms with Gasteiger partial charge < -0.3 is 4.57 Å². The molecule has 0 N–H and O–H groups in total. The number of para-hydroxylation sites is 2. The molecule has 3 heterocycles. The molecule has 0 aliphatic carbocycles. The van der Waals surface area contributed by atoms with Crippen molar-refractivity contribution in [1.29, 1.82) is 0 Å². The summed E-state index contributed by atoms with van der Waals surface area (Å²) >= 11 is 1.82. The highest BCUT2D eigenvalue weighted by Crippen LogP contribution is 2.41. The summed E-state index contributed by atoms with van der Waals surface area (Å²) in [7, 11) is 0. The van der Waals surface area contributed by atoms with Crippen LogP contribution in [0.5, 0.6) is 0 Å². The van der Waals surface area contributed by atoms with Crippen LogP contribution in [0.1, 0.15) is 0 Å². The normalized spacial score (nSPS) is 11.6. The number of aromatic nitrogens is 2. The van der Waals surface area contributed by atoms with E-state index < -0.39 is 0 Å². The monoisotopic (exact) mass is 578 g/mol. The lowest BCUT2D eigenvalue weighted by atomic mass is 9.98. The molecule has 0 saturated carbocycles. The Morgan fingerprint density at radius 3 is 1.84 bits per heavy atom. The highest BCUT2D eigenvalue weighted by atomic mass is 32.1. The Morgan fingerprint density at radius 1 is 0.455 bits per heavy atom. The van der Waals surface area contributed by atoms with Gasteiger partial charge in [-0.15, -0.1) is 11.3 Å². The molecule has 206 valence electrons. The van der Waals surface area contributed by atoms with E-state index in [1.807, 2.05) is 23.7 Å². The quantitative estimate of drug-likeness (QED) is 0.199. The van der Waals surface area contributed by atoms with E-state index in [-0.39, 0.29) is 0 Å². The van der Waals surface area contributed by atoms with Gasteiger partial charge in [0.05, 0.1) is 15.7 Å². The molecule has 6 aromatic carbocycles. The maximum absolute atomic E-state index is 4.40. The van der Waals surface area contributed by atoms with Crippen LogP contribution in [0, 0.1) is 0 Å². The second-order valence-electron chi connectivity index (χ2n) is 11.2. The lowest BCUT2D eigenvalue weighted by molar-refractivity contribution is 1.17. The van der Waals surface area contributed by atoms with Crippen molar-refractivity contribution in [2.75, 3.05) is 0 Å². The highest BCUT2D eigenvalue weighted by Gasteiger charge is 2.14. The van der Waals surface area contributed by atoms with Gasteiger partial charge in [-0.2, -0.15) is 0 Å². The number of hydrogen-bond acceptors (Lipinski definition) is 2. The van der Waals surface area contributed by atoms with E-state index in [4.69, 9.17) is 0 Å². The maximum Gasteiger partial charge on any atom is 0.0540 e. The van der Waals surface area contributed by atoms with Crippen LogP contribution in [0.2, 0.25) is 0 Å². The Hall–Kier alpha value is -5.51. The van der Waals surface area contributed by atoms with Crippen molar-refractivity contribution in [3.8, 4) is 16.8 Å². The fraction of sp³-hybridized carbons (Fsp3) is 0. The summed E-state index contributed by atoms with van der Waals surface area (Å²) < 4.78 is 4.94. The Bertz CT molecular complexity index is 2610. The van der Waals surface area contributed by atoms with E-state index >= 15 is 0 Å². The number of hydrogen-bond donors (Lipinski definition) is 0. The summed E-state index contributed by atoms with van der Waals surface area (Å²) in [6, 6.07) is 53.0. The fourth-order valence-corrected chi connectivity index (χ4v) is 7.99. The zero-order valence-corrected chi connectivity index (χ0v) is 24.6. The average molecular weight is 579 g/mol. The SMILES string of the molecule is c1ccc(-n2c3ccccc3c3ccccc3c3ccccc3c3cc(-c4cccc5c4sc4cnccc45)ccc32)cc1. The highest BCUT2D eigenvalue weighted by molar-refractivity contribution is 7.26. The lowest BCUT2D eigenvalue weighted by Crippen LogP contribution is -1.97. The first-order chi connectivity index (χ1) is 21.8. The third kappa shape index (κ3) is 3.83. The molecule has 0 unspecified atom stereocenters. The van der Waals surface area contributed by atoms with Crippen LogP contribution >= 0.6 is 11.3 Å². The summed E-state index contributed by atoms with van der Waals surface area (Å²) in [4.78, 5) is 4.40. The van der Waals surface area contributed by atoms with Crippen LogP contribution in [0.3, 0.4) is 0 Å². The third-order valence-electron chi connectivity index (χ3n) is 8.73. The zero-order valence-electron chi connectivity index (χ0n) is 23.8. The maximum atomic E-state index is 4.40. The molecule has 0 amide bonds. The summed E-state index contributed by atoms with van der Waals surface area (Å²) in [5, 5.41) is 9.88. The van der Waals surface area contributed by atoms with E-state index in [0.29, 0.717) is 0 Å². The Labute approximate surface area is 258 Å². The topological polar surface area (TPSA) is 17.8 Å². The summed E-state index contributed by atoms with van der Waals surface area (Å²) in [5.41, 5.74) is 5.89. The summed E-state index contributed by atoms with van der Waals surface area (Å²) in [5.74, 6) is 0. The smallest absolute Gasteiger partial charge is 0.0540 e. The van der Waals surface area contributed by atoms with Gasteiger partial charge in [0.2, 0.25) is 0 Å². The van der Waals surface area contributed by atoms with Crippen LogP contribution in [0.4, 0.5) is 0 Å². The largest absolute Gasteiger partial charge is 0.309 e. The van der Waals surface area contributed by atoms with Gasteiger partial charge in [0, 0.05) is 44.3 Å². The predicted molar refractivity (Wildman–Crippen MR) is 190 cm³/mol. The molecule has 0 spiro atoms. The van der Waals surface area contributed by atoms with Crippen LogP contribution in [0.25, 0.3) is 80.3 Å². The number of pyridine rings is 1. The van der Waals surface area contributed by atoms with E-state index in [9.17, 15) is 0 Å². The molecule has 0 aliphatic rings. The molecule has 44 heavy (non-hydrogen) atoms. The summed E-state index contributed by atoms with van der Waals surface area (Å²) in [6.45, 7) is 0. The van der Waals surface area contributed by atoms with Crippen molar-refractivity contribution in [3.63, 3.8) is 0 Å². The first-order valence-electron chi connectivity index (χ1n) is 14.9. The van der Waals surface area contributed by atoms with Gasteiger partial charge in [0.15, 0.2) is 0 Å². The molecular formula is C41H26N2S. The molecule has 9 aromatic rings. The Kier molecular flexibility index (Phi) is 5.71. The van der Waals surface area contributed by atoms with Crippen LogP contribution in [0.15, 0.2) is 158 Å². The van der Waals surface area contributed by atoms with E-state index in [1.54, 1.807) is 0 Å². The molecule has 0 bridgehead atoms. The van der Waals surface area contributed by atoms with E-state index in [1.165, 1.54) is 63.6 Å². The average Bonchev–Trinajstić information content (AvgIpc) is 3.49. The number of rotatable bonds is 2. The zero-order chi connectivity index (χ0) is 29.0. The van der Waals surface area contributed by atoms with Gasteiger partial charge >= 0.3 is 0 Å². The minimum atomic E-state index is 1.13. The second kappa shape index (κ2) is 10.0. The molecule has 3 heteroatoms. The van der Waals surface area contributed by atoms with Crippen molar-refractivity contribution in [2.45, 2.75) is 0 Å². The number of nitrogens with zero attached hydrogens (tertiary/aromatic N) is 2. The molecule has 0 radical (unpaired) electrons. The first-order valence-corrected chi connectivity index (χ1v) is 15.7.